The zero-order chi connectivity index (χ0) is 29.7. The summed E-state index contributed by atoms with van der Waals surface area (Å²) in [4.78, 5) is 30.6. The summed E-state index contributed by atoms with van der Waals surface area (Å²) in [6.07, 6.45) is 8.15. The molecule has 1 fully saturated rings. The van der Waals surface area contributed by atoms with Crippen molar-refractivity contribution in [2.24, 2.45) is 13.0 Å². The number of amides is 2. The molecule has 1 saturated carbocycles. The van der Waals surface area contributed by atoms with E-state index >= 15 is 0 Å². The number of hydrogen-bond acceptors (Lipinski definition) is 6. The number of aromatic nitrogens is 3. The first-order valence-corrected chi connectivity index (χ1v) is 17.4. The monoisotopic (exact) mass is 571 g/mol. The maximum absolute atomic E-state index is 13.4. The first kappa shape index (κ1) is 31.8. The third-order valence-electron chi connectivity index (χ3n) is 7.99. The summed E-state index contributed by atoms with van der Waals surface area (Å²) in [5, 5.41) is 10.3. The van der Waals surface area contributed by atoms with Crippen LogP contribution in [0.5, 0.6) is 0 Å². The Kier molecular flexibility index (Phi) is 10.2. The fourth-order valence-corrected chi connectivity index (χ4v) is 5.62. The summed E-state index contributed by atoms with van der Waals surface area (Å²) in [5.41, 5.74) is 2.35. The Morgan fingerprint density at radius 1 is 1.05 bits per heavy atom. The molecular weight excluding hydrogens is 522 g/mol. The van der Waals surface area contributed by atoms with Gasteiger partial charge >= 0.3 is 6.09 Å². The van der Waals surface area contributed by atoms with Crippen LogP contribution in [0.25, 0.3) is 11.3 Å². The molecule has 0 aromatic carbocycles. The molecule has 1 atom stereocenters. The van der Waals surface area contributed by atoms with Gasteiger partial charge in [0.25, 0.3) is 5.91 Å². The summed E-state index contributed by atoms with van der Waals surface area (Å²) in [6, 6.07) is 3.70. The minimum atomic E-state index is -1.92. The molecule has 10 heteroatoms. The fraction of sp³-hybridized carbons (Fsp3) is 0.667. The van der Waals surface area contributed by atoms with Gasteiger partial charge in [0.1, 0.15) is 5.82 Å². The van der Waals surface area contributed by atoms with Crippen molar-refractivity contribution in [2.75, 3.05) is 5.32 Å². The molecule has 9 nitrogen and oxygen atoms in total. The van der Waals surface area contributed by atoms with Gasteiger partial charge in [-0.05, 0) is 63.9 Å². The van der Waals surface area contributed by atoms with Gasteiger partial charge < -0.3 is 19.8 Å². The lowest BCUT2D eigenvalue weighted by Gasteiger charge is -2.36. The zero-order valence-electron chi connectivity index (χ0n) is 25.9. The topological polar surface area (TPSA) is 107 Å². The second-order valence-corrected chi connectivity index (χ2v) is 18.4. The maximum Gasteiger partial charge on any atom is 0.408 e. The number of rotatable bonds is 8. The largest absolute Gasteiger partial charge is 0.436 e. The van der Waals surface area contributed by atoms with E-state index in [1.54, 1.807) is 12.3 Å². The second kappa shape index (κ2) is 12.8. The molecule has 0 bridgehead atoms. The smallest absolute Gasteiger partial charge is 0.408 e. The van der Waals surface area contributed by atoms with Gasteiger partial charge in [-0.15, -0.1) is 0 Å². The van der Waals surface area contributed by atoms with Gasteiger partial charge in [-0.2, -0.15) is 5.10 Å². The predicted molar refractivity (Wildman–Crippen MR) is 161 cm³/mol. The summed E-state index contributed by atoms with van der Waals surface area (Å²) in [6.45, 7) is 17.3. The molecule has 2 aromatic rings. The van der Waals surface area contributed by atoms with Crippen LogP contribution in [0.4, 0.5) is 10.6 Å². The average molecular weight is 572 g/mol. The third-order valence-corrected chi connectivity index (χ3v) is 12.5. The number of hydrogen-bond donors (Lipinski definition) is 2. The van der Waals surface area contributed by atoms with Crippen LogP contribution in [0.1, 0.15) is 85.6 Å². The molecule has 2 amide bonds. The first-order valence-electron chi connectivity index (χ1n) is 14.5. The Hall–Kier alpha value is -2.72. The Bertz CT molecular complexity index is 1140. The highest BCUT2D eigenvalue weighted by Crippen LogP contribution is 2.37. The third kappa shape index (κ3) is 8.64. The van der Waals surface area contributed by atoms with E-state index in [1.165, 1.54) is 0 Å². The van der Waals surface area contributed by atoms with Crippen LogP contribution in [0.15, 0.2) is 24.5 Å². The maximum atomic E-state index is 13.4. The van der Waals surface area contributed by atoms with Crippen LogP contribution in [0.3, 0.4) is 0 Å². The van der Waals surface area contributed by atoms with Gasteiger partial charge in [-0.25, -0.2) is 9.78 Å². The van der Waals surface area contributed by atoms with E-state index < -0.39 is 26.1 Å². The summed E-state index contributed by atoms with van der Waals surface area (Å²) in [5.74, 6) is 0.0408. The average Bonchev–Trinajstić information content (AvgIpc) is 3.02. The normalized spacial score (nSPS) is 16.2. The molecule has 1 aliphatic carbocycles. The zero-order valence-corrected chi connectivity index (χ0v) is 26.9. The number of aryl methyl sites for hydroxylation is 1. The molecule has 40 heavy (non-hydrogen) atoms. The van der Waals surface area contributed by atoms with Crippen molar-refractivity contribution in [3.05, 3.63) is 30.1 Å². The van der Waals surface area contributed by atoms with E-state index in [9.17, 15) is 9.59 Å². The molecule has 0 spiro atoms. The molecule has 0 aliphatic heterocycles. The number of alkyl carbamates (subject to hydrolysis) is 1. The molecule has 2 N–H and O–H groups in total. The fourth-order valence-electron chi connectivity index (χ4n) is 4.67. The van der Waals surface area contributed by atoms with E-state index in [4.69, 9.17) is 9.16 Å². The van der Waals surface area contributed by atoms with Crippen molar-refractivity contribution < 1.29 is 18.8 Å². The Labute approximate surface area is 240 Å². The van der Waals surface area contributed by atoms with E-state index in [0.717, 1.165) is 55.3 Å². The van der Waals surface area contributed by atoms with E-state index in [1.807, 2.05) is 44.8 Å². The highest BCUT2D eigenvalue weighted by Gasteiger charge is 2.37. The van der Waals surface area contributed by atoms with Crippen LogP contribution in [-0.4, -0.2) is 46.7 Å². The van der Waals surface area contributed by atoms with Crippen molar-refractivity contribution in [1.29, 1.82) is 0 Å². The van der Waals surface area contributed by atoms with Crippen LogP contribution >= 0.6 is 0 Å². The molecule has 0 unspecified atom stereocenters. The lowest BCUT2D eigenvalue weighted by Crippen LogP contribution is -2.46. The van der Waals surface area contributed by atoms with Crippen molar-refractivity contribution in [3.63, 3.8) is 0 Å². The molecular formula is C30H49N5O4Si. The number of anilines is 1. The van der Waals surface area contributed by atoms with Crippen LogP contribution in [-0.2, 0) is 27.6 Å². The van der Waals surface area contributed by atoms with Gasteiger partial charge in [0.05, 0.1) is 18.5 Å². The Morgan fingerprint density at radius 2 is 1.70 bits per heavy atom. The predicted octanol–water partition coefficient (Wildman–Crippen LogP) is 6.81. The lowest BCUT2D eigenvalue weighted by atomic mass is 9.93. The molecule has 2 heterocycles. The van der Waals surface area contributed by atoms with Crippen LogP contribution in [0.2, 0.25) is 18.1 Å². The standard InChI is InChI=1S/C30H49N5O4Si/c1-29(2,3)34-28(37)39-26(21-14-12-10-11-13-15-21)27(36)33-24-17-16-22(18-31-24)25-23(19-32-35(25)7)20-38-40(8,9)30(4,5)6/h16-19,21,26H,10-15,20H2,1-9H3,(H,34,37)(H,31,33,36)/t26-/m0/s1. The van der Waals surface area contributed by atoms with Crippen LogP contribution < -0.4 is 10.6 Å². The summed E-state index contributed by atoms with van der Waals surface area (Å²) in [7, 11) is -0.0230. The van der Waals surface area contributed by atoms with E-state index in [0.29, 0.717) is 12.4 Å². The van der Waals surface area contributed by atoms with Crippen molar-refractivity contribution >= 4 is 26.1 Å². The van der Waals surface area contributed by atoms with Gasteiger partial charge in [-0.3, -0.25) is 9.48 Å². The van der Waals surface area contributed by atoms with Crippen molar-refractivity contribution in [3.8, 4) is 11.3 Å². The highest BCUT2D eigenvalue weighted by molar-refractivity contribution is 6.74. The molecule has 0 radical (unpaired) electrons. The first-order chi connectivity index (χ1) is 18.6. The molecule has 222 valence electrons. The van der Waals surface area contributed by atoms with E-state index in [2.05, 4.69) is 54.6 Å². The quantitative estimate of drug-likeness (QED) is 0.266. The molecule has 2 aromatic heterocycles. The SMILES string of the molecule is Cn1ncc(CO[Si](C)(C)C(C)(C)C)c1-c1ccc(NC(=O)[C@@H](OC(=O)NC(C)(C)C)C2CCCCCC2)nc1. The minimum absolute atomic E-state index is 0.0228. The number of pyridine rings is 1. The summed E-state index contributed by atoms with van der Waals surface area (Å²) >= 11 is 0. The Balaban J connectivity index is 1.75. The van der Waals surface area contributed by atoms with Crippen LogP contribution in [0, 0.1) is 5.92 Å². The van der Waals surface area contributed by atoms with E-state index in [-0.39, 0.29) is 16.9 Å². The number of ether oxygens (including phenoxy) is 1. The highest BCUT2D eigenvalue weighted by atomic mass is 28.4. The Morgan fingerprint density at radius 3 is 2.25 bits per heavy atom. The molecule has 3 rings (SSSR count). The molecule has 0 saturated heterocycles. The minimum Gasteiger partial charge on any atom is -0.436 e. The number of nitrogens with zero attached hydrogens (tertiary/aromatic N) is 3. The van der Waals surface area contributed by atoms with Crippen molar-refractivity contribution in [1.82, 2.24) is 20.1 Å². The number of nitrogens with one attached hydrogen (secondary N) is 2. The van der Waals surface area contributed by atoms with Gasteiger partial charge in [0.15, 0.2) is 14.4 Å². The second-order valence-electron chi connectivity index (χ2n) is 13.6. The lowest BCUT2D eigenvalue weighted by molar-refractivity contribution is -0.127. The van der Waals surface area contributed by atoms with Gasteiger partial charge in [0, 0.05) is 35.8 Å². The van der Waals surface area contributed by atoms with Gasteiger partial charge in [0.2, 0.25) is 0 Å². The van der Waals surface area contributed by atoms with Gasteiger partial charge in [-0.1, -0.05) is 46.5 Å². The summed E-state index contributed by atoms with van der Waals surface area (Å²) < 4.78 is 14.0. The van der Waals surface area contributed by atoms with Crippen molar-refractivity contribution in [2.45, 2.75) is 116 Å². The molecule has 1 aliphatic rings. The number of carbonyl (C=O) groups excluding carboxylic acids is 2. The number of carbonyl (C=O) groups is 2.